The van der Waals surface area contributed by atoms with Crippen molar-refractivity contribution in [2.24, 2.45) is 0 Å². The summed E-state index contributed by atoms with van der Waals surface area (Å²) in [5.41, 5.74) is 5.98. The molecule has 0 unspecified atom stereocenters. The maximum absolute atomic E-state index is 6.70. The number of hydrogen-bond donors (Lipinski definition) is 0. The normalized spacial score (nSPS) is 11.8. The van der Waals surface area contributed by atoms with Gasteiger partial charge in [-0.1, -0.05) is 158 Å². The van der Waals surface area contributed by atoms with Gasteiger partial charge in [0.2, 0.25) is 0 Å². The smallest absolute Gasteiger partial charge is 0.136 e. The lowest BCUT2D eigenvalue weighted by molar-refractivity contribution is 0.668. The molecule has 0 saturated carbocycles. The Morgan fingerprint density at radius 2 is 0.577 bits per heavy atom. The summed E-state index contributed by atoms with van der Waals surface area (Å²) in [7, 11) is -1.98. The molecule has 8 aromatic carbocycles. The third-order valence-electron chi connectivity index (χ3n) is 9.83. The van der Waals surface area contributed by atoms with Crippen molar-refractivity contribution in [1.82, 2.24) is 0 Å². The van der Waals surface area contributed by atoms with E-state index in [0.29, 0.717) is 0 Å². The second-order valence-electron chi connectivity index (χ2n) is 12.9. The summed E-state index contributed by atoms with van der Waals surface area (Å²) < 4.78 is 13.4. The molecule has 10 aromatic rings. The summed E-state index contributed by atoms with van der Waals surface area (Å²) in [6.45, 7) is 0. The average Bonchev–Trinajstić information content (AvgIpc) is 3.79. The first-order valence-electron chi connectivity index (χ1n) is 17.5. The SMILES string of the molecule is c1ccc(P(c2ccccc2)c2ccc3oc4ccccc4c3c2-c2c(P(c3ccccc3)c3ccccc3)ccc3oc4ccccc4c23)cc1. The quantitative estimate of drug-likeness (QED) is 0.155. The van der Waals surface area contributed by atoms with Crippen LogP contribution in [0.3, 0.4) is 0 Å². The summed E-state index contributed by atoms with van der Waals surface area (Å²) in [5.74, 6) is 0. The minimum absolute atomic E-state index is 0.885. The fourth-order valence-corrected chi connectivity index (χ4v) is 12.6. The van der Waals surface area contributed by atoms with E-state index in [1.54, 1.807) is 0 Å². The molecule has 2 nitrogen and oxygen atoms in total. The van der Waals surface area contributed by atoms with E-state index in [9.17, 15) is 0 Å². The first-order chi connectivity index (χ1) is 25.8. The highest BCUT2D eigenvalue weighted by atomic mass is 31.1. The molecule has 0 aliphatic carbocycles. The third-order valence-corrected chi connectivity index (χ3v) is 14.8. The van der Waals surface area contributed by atoms with Crippen LogP contribution in [0.15, 0.2) is 203 Å². The molecule has 0 atom stereocenters. The van der Waals surface area contributed by atoms with E-state index in [0.717, 1.165) is 43.9 Å². The molecule has 4 heteroatoms. The molecule has 0 saturated heterocycles. The number of furan rings is 2. The van der Waals surface area contributed by atoms with E-state index < -0.39 is 15.8 Å². The van der Waals surface area contributed by atoms with Gasteiger partial charge in [0, 0.05) is 32.7 Å². The highest BCUT2D eigenvalue weighted by molar-refractivity contribution is 7.80. The second kappa shape index (κ2) is 13.1. The summed E-state index contributed by atoms with van der Waals surface area (Å²) in [5, 5.41) is 12.3. The maximum Gasteiger partial charge on any atom is 0.136 e. The van der Waals surface area contributed by atoms with Gasteiger partial charge in [-0.15, -0.1) is 0 Å². The van der Waals surface area contributed by atoms with Crippen molar-refractivity contribution in [3.05, 3.63) is 194 Å². The molecule has 2 aromatic heterocycles. The largest absolute Gasteiger partial charge is 0.456 e. The van der Waals surface area contributed by atoms with Crippen LogP contribution < -0.4 is 31.8 Å². The zero-order chi connectivity index (χ0) is 34.4. The first kappa shape index (κ1) is 31.0. The van der Waals surface area contributed by atoms with E-state index in [1.165, 1.54) is 43.0 Å². The van der Waals surface area contributed by atoms with Crippen LogP contribution in [-0.4, -0.2) is 0 Å². The first-order valence-corrected chi connectivity index (χ1v) is 20.2. The predicted octanol–water partition coefficient (Wildman–Crippen LogP) is 10.7. The molecule has 2 heterocycles. The highest BCUT2D eigenvalue weighted by Gasteiger charge is 2.31. The number of benzene rings is 8. The van der Waals surface area contributed by atoms with Crippen LogP contribution in [0, 0.1) is 0 Å². The van der Waals surface area contributed by atoms with Crippen LogP contribution in [0.2, 0.25) is 0 Å². The Balaban J connectivity index is 1.43. The van der Waals surface area contributed by atoms with Crippen LogP contribution in [0.4, 0.5) is 0 Å². The zero-order valence-electron chi connectivity index (χ0n) is 28.2. The molecule has 0 fully saturated rings. The molecule has 10 rings (SSSR count). The van der Waals surface area contributed by atoms with E-state index >= 15 is 0 Å². The Labute approximate surface area is 304 Å². The van der Waals surface area contributed by atoms with Gasteiger partial charge in [0.05, 0.1) is 0 Å². The standard InChI is InChI=1S/C48H32O2P2/c1-5-17-33(18-6-1)51(34-19-7-2-8-20-34)43-31-29-41-45(37-25-13-15-27-39(37)49-41)47(43)48-44(32-30-42-46(48)38-26-14-16-28-40(38)50-42)52(35-21-9-3-10-22-35)36-23-11-4-12-24-36/h1-32H. The van der Waals surface area contributed by atoms with Crippen molar-refractivity contribution in [3.63, 3.8) is 0 Å². The molecule has 0 aliphatic rings. The van der Waals surface area contributed by atoms with Crippen molar-refractivity contribution in [2.75, 3.05) is 0 Å². The summed E-state index contributed by atoms with van der Waals surface area (Å²) in [6, 6.07) is 70.1. The molecule has 0 N–H and O–H groups in total. The van der Waals surface area contributed by atoms with E-state index in [1.807, 2.05) is 0 Å². The van der Waals surface area contributed by atoms with Gasteiger partial charge < -0.3 is 8.83 Å². The lowest BCUT2D eigenvalue weighted by Gasteiger charge is -2.27. The molecule has 0 aliphatic heterocycles. The number of fused-ring (bicyclic) bond motifs is 6. The zero-order valence-corrected chi connectivity index (χ0v) is 30.0. The monoisotopic (exact) mass is 702 g/mol. The van der Waals surface area contributed by atoms with Gasteiger partial charge in [-0.05, 0) is 84.1 Å². The summed E-state index contributed by atoms with van der Waals surface area (Å²) in [6.07, 6.45) is 0. The van der Waals surface area contributed by atoms with Gasteiger partial charge in [0.15, 0.2) is 0 Å². The average molecular weight is 703 g/mol. The Morgan fingerprint density at radius 1 is 0.269 bits per heavy atom. The topological polar surface area (TPSA) is 26.3 Å². The predicted molar refractivity (Wildman–Crippen MR) is 224 cm³/mol. The van der Waals surface area contributed by atoms with Gasteiger partial charge in [0.1, 0.15) is 22.3 Å². The molecule has 0 bridgehead atoms. The van der Waals surface area contributed by atoms with E-state index in [-0.39, 0.29) is 0 Å². The Kier molecular flexibility index (Phi) is 7.80. The number of rotatable bonds is 7. The fourth-order valence-electron chi connectivity index (χ4n) is 7.65. The Bertz CT molecular complexity index is 2570. The van der Waals surface area contributed by atoms with E-state index in [2.05, 4.69) is 194 Å². The van der Waals surface area contributed by atoms with Crippen LogP contribution in [0.25, 0.3) is 55.0 Å². The molecular formula is C48H32O2P2. The number of para-hydroxylation sites is 2. The molecule has 246 valence electrons. The Morgan fingerprint density at radius 3 is 0.923 bits per heavy atom. The lowest BCUT2D eigenvalue weighted by atomic mass is 9.95. The molecule has 0 radical (unpaired) electrons. The molecular weight excluding hydrogens is 670 g/mol. The molecule has 0 amide bonds. The van der Waals surface area contributed by atoms with Crippen molar-refractivity contribution in [3.8, 4) is 11.1 Å². The fraction of sp³-hybridized carbons (Fsp3) is 0. The third kappa shape index (κ3) is 5.18. The lowest BCUT2D eigenvalue weighted by Crippen LogP contribution is -2.26. The Hall–Kier alpha value is -5.78. The van der Waals surface area contributed by atoms with Crippen LogP contribution >= 0.6 is 15.8 Å². The van der Waals surface area contributed by atoms with Crippen molar-refractivity contribution < 1.29 is 8.83 Å². The maximum atomic E-state index is 6.70. The second-order valence-corrected chi connectivity index (χ2v) is 17.2. The van der Waals surface area contributed by atoms with Gasteiger partial charge in [0.25, 0.3) is 0 Å². The minimum atomic E-state index is -0.989. The molecule has 0 spiro atoms. The van der Waals surface area contributed by atoms with Crippen LogP contribution in [0.1, 0.15) is 0 Å². The summed E-state index contributed by atoms with van der Waals surface area (Å²) in [4.78, 5) is 0. The van der Waals surface area contributed by atoms with Gasteiger partial charge in [-0.3, -0.25) is 0 Å². The van der Waals surface area contributed by atoms with Crippen molar-refractivity contribution in [2.45, 2.75) is 0 Å². The number of hydrogen-bond acceptors (Lipinski definition) is 2. The summed E-state index contributed by atoms with van der Waals surface area (Å²) >= 11 is 0. The highest BCUT2D eigenvalue weighted by Crippen LogP contribution is 2.49. The van der Waals surface area contributed by atoms with Gasteiger partial charge >= 0.3 is 0 Å². The van der Waals surface area contributed by atoms with Crippen LogP contribution in [-0.2, 0) is 0 Å². The van der Waals surface area contributed by atoms with Crippen LogP contribution in [0.5, 0.6) is 0 Å². The molecule has 52 heavy (non-hydrogen) atoms. The van der Waals surface area contributed by atoms with Gasteiger partial charge in [-0.2, -0.15) is 0 Å². The minimum Gasteiger partial charge on any atom is -0.456 e. The van der Waals surface area contributed by atoms with Gasteiger partial charge in [-0.25, -0.2) is 0 Å². The van der Waals surface area contributed by atoms with Crippen molar-refractivity contribution >= 4 is 91.5 Å². The van der Waals surface area contributed by atoms with E-state index in [4.69, 9.17) is 8.83 Å². The van der Waals surface area contributed by atoms with Crippen molar-refractivity contribution in [1.29, 1.82) is 0 Å².